The lowest BCUT2D eigenvalue weighted by Crippen LogP contribution is -2.44. The van der Waals surface area contributed by atoms with E-state index in [0.717, 1.165) is 15.0 Å². The summed E-state index contributed by atoms with van der Waals surface area (Å²) in [6, 6.07) is 14.7. The maximum absolute atomic E-state index is 13.8. The van der Waals surface area contributed by atoms with Crippen molar-refractivity contribution in [1.82, 2.24) is 9.55 Å². The van der Waals surface area contributed by atoms with Crippen LogP contribution in [0.2, 0.25) is 0 Å². The summed E-state index contributed by atoms with van der Waals surface area (Å²) in [4.78, 5) is 41.2. The zero-order valence-electron chi connectivity index (χ0n) is 17.4. The molecule has 0 aliphatic rings. The molecule has 1 amide bonds. The lowest BCUT2D eigenvalue weighted by molar-refractivity contribution is -0.120. The molecule has 0 atom stereocenters. The van der Waals surface area contributed by atoms with E-state index in [9.17, 15) is 18.8 Å². The van der Waals surface area contributed by atoms with Crippen molar-refractivity contribution in [2.45, 2.75) is 6.54 Å². The molecular formula is C22H23FN4O5. The quantitative estimate of drug-likeness (QED) is 0.517. The number of H-pyrrole nitrogens is 1. The van der Waals surface area contributed by atoms with Gasteiger partial charge in [0, 0.05) is 13.7 Å². The minimum absolute atomic E-state index is 0.0349. The summed E-state index contributed by atoms with van der Waals surface area (Å²) in [5.74, 6) is -1.58. The molecule has 0 saturated carbocycles. The van der Waals surface area contributed by atoms with E-state index < -0.39 is 29.6 Å². The molecule has 2 aromatic carbocycles. The predicted molar refractivity (Wildman–Crippen MR) is 117 cm³/mol. The molecule has 0 bridgehead atoms. The summed E-state index contributed by atoms with van der Waals surface area (Å²) in [6.07, 6.45) is 0. The van der Waals surface area contributed by atoms with Crippen molar-refractivity contribution in [2.75, 3.05) is 37.5 Å². The van der Waals surface area contributed by atoms with Gasteiger partial charge in [-0.3, -0.25) is 24.0 Å². The van der Waals surface area contributed by atoms with Crippen molar-refractivity contribution in [3.05, 3.63) is 86.8 Å². The lowest BCUT2D eigenvalue weighted by Gasteiger charge is -2.24. The van der Waals surface area contributed by atoms with Crippen LogP contribution < -0.4 is 26.6 Å². The third-order valence-corrected chi connectivity index (χ3v) is 4.68. The summed E-state index contributed by atoms with van der Waals surface area (Å²) >= 11 is 0. The molecule has 3 aromatic rings. The number of para-hydroxylation sites is 1. The minimum atomic E-state index is -0.827. The molecule has 0 spiro atoms. The normalized spacial score (nSPS) is 10.7. The number of nitrogens with one attached hydrogen (secondary N) is 1. The molecule has 0 fully saturated rings. The van der Waals surface area contributed by atoms with Crippen molar-refractivity contribution in [2.24, 2.45) is 0 Å². The number of amides is 1. The van der Waals surface area contributed by atoms with Gasteiger partial charge in [-0.15, -0.1) is 0 Å². The van der Waals surface area contributed by atoms with Crippen molar-refractivity contribution in [1.29, 1.82) is 0 Å². The Balaban J connectivity index is 1.94. The smallest absolute Gasteiger partial charge is 0.330 e. The second kappa shape index (κ2) is 10.4. The highest BCUT2D eigenvalue weighted by molar-refractivity contribution is 5.96. The number of aromatic nitrogens is 2. The number of rotatable bonds is 9. The first kappa shape index (κ1) is 22.8. The number of hydrogen-bond acceptors (Lipinski definition) is 6. The standard InChI is InChI=1S/C22H23FN4O5/c1-31-12-11-26(18(28)14-32-17-10-6-5-9-16(17)23)19-20(24)27(22(30)25-21(19)29)13-15-7-3-2-4-8-15/h2-10H,11-14,24H2,1H3,(H,25,29,30). The van der Waals surface area contributed by atoms with Gasteiger partial charge in [-0.05, 0) is 17.7 Å². The van der Waals surface area contributed by atoms with Gasteiger partial charge >= 0.3 is 5.69 Å². The van der Waals surface area contributed by atoms with E-state index in [1.54, 1.807) is 30.3 Å². The second-order valence-electron chi connectivity index (χ2n) is 6.82. The Hall–Kier alpha value is -3.92. The van der Waals surface area contributed by atoms with Crippen LogP contribution in [0.15, 0.2) is 64.2 Å². The molecule has 3 rings (SSSR count). The van der Waals surface area contributed by atoms with Crippen molar-refractivity contribution in [3.63, 3.8) is 0 Å². The molecule has 10 heteroatoms. The maximum atomic E-state index is 13.8. The number of nitrogens with zero attached hydrogens (tertiary/aromatic N) is 2. The van der Waals surface area contributed by atoms with Gasteiger partial charge in [-0.1, -0.05) is 42.5 Å². The molecule has 0 aliphatic carbocycles. The van der Waals surface area contributed by atoms with Gasteiger partial charge in [0.2, 0.25) is 0 Å². The highest BCUT2D eigenvalue weighted by atomic mass is 19.1. The molecule has 3 N–H and O–H groups in total. The van der Waals surface area contributed by atoms with Gasteiger partial charge in [-0.25, -0.2) is 9.18 Å². The van der Waals surface area contributed by atoms with Crippen LogP contribution in [0, 0.1) is 5.82 Å². The number of aromatic amines is 1. The maximum Gasteiger partial charge on any atom is 0.330 e. The molecular weight excluding hydrogens is 419 g/mol. The molecule has 32 heavy (non-hydrogen) atoms. The van der Waals surface area contributed by atoms with Crippen LogP contribution in [0.3, 0.4) is 0 Å². The largest absolute Gasteiger partial charge is 0.481 e. The highest BCUT2D eigenvalue weighted by Crippen LogP contribution is 2.19. The van der Waals surface area contributed by atoms with E-state index in [1.807, 2.05) is 6.07 Å². The SMILES string of the molecule is COCCN(C(=O)COc1ccccc1F)c1c(N)n(Cc2ccccc2)c(=O)[nH]c1=O. The van der Waals surface area contributed by atoms with Crippen molar-refractivity contribution < 1.29 is 18.7 Å². The van der Waals surface area contributed by atoms with E-state index in [2.05, 4.69) is 4.98 Å². The molecule has 1 heterocycles. The number of halogens is 1. The van der Waals surface area contributed by atoms with E-state index in [-0.39, 0.29) is 37.0 Å². The third-order valence-electron chi connectivity index (χ3n) is 4.68. The molecule has 1 aromatic heterocycles. The fraction of sp³-hybridized carbons (Fsp3) is 0.227. The zero-order chi connectivity index (χ0) is 23.1. The van der Waals surface area contributed by atoms with Gasteiger partial charge in [0.15, 0.2) is 23.9 Å². The number of carbonyl (C=O) groups excluding carboxylic acids is 1. The summed E-state index contributed by atoms with van der Waals surface area (Å²) in [6.45, 7) is -0.413. The van der Waals surface area contributed by atoms with Gasteiger partial charge < -0.3 is 15.2 Å². The Morgan fingerprint density at radius 1 is 1.12 bits per heavy atom. The molecule has 0 aliphatic heterocycles. The van der Waals surface area contributed by atoms with Crippen LogP contribution in [0.25, 0.3) is 0 Å². The van der Waals surface area contributed by atoms with Crippen molar-refractivity contribution in [3.8, 4) is 5.75 Å². The minimum Gasteiger partial charge on any atom is -0.481 e. The predicted octanol–water partition coefficient (Wildman–Crippen LogP) is 1.36. The summed E-state index contributed by atoms with van der Waals surface area (Å²) in [5, 5.41) is 0. The van der Waals surface area contributed by atoms with Crippen LogP contribution in [-0.4, -0.2) is 42.3 Å². The number of hydrogen-bond donors (Lipinski definition) is 2. The third kappa shape index (κ3) is 5.22. The second-order valence-corrected chi connectivity index (χ2v) is 6.82. The van der Waals surface area contributed by atoms with Crippen LogP contribution >= 0.6 is 0 Å². The van der Waals surface area contributed by atoms with E-state index in [4.69, 9.17) is 15.2 Å². The number of carbonyl (C=O) groups is 1. The summed E-state index contributed by atoms with van der Waals surface area (Å²) in [7, 11) is 1.43. The molecule has 168 valence electrons. The van der Waals surface area contributed by atoms with Crippen LogP contribution in [0.1, 0.15) is 5.56 Å². The Morgan fingerprint density at radius 2 is 1.81 bits per heavy atom. The lowest BCUT2D eigenvalue weighted by atomic mass is 10.2. The first-order chi connectivity index (χ1) is 15.4. The summed E-state index contributed by atoms with van der Waals surface area (Å²) < 4.78 is 25.3. The zero-order valence-corrected chi connectivity index (χ0v) is 17.4. The van der Waals surface area contributed by atoms with Gasteiger partial charge in [-0.2, -0.15) is 0 Å². The van der Waals surface area contributed by atoms with Crippen LogP contribution in [0.4, 0.5) is 15.9 Å². The fourth-order valence-corrected chi connectivity index (χ4v) is 3.08. The Kier molecular flexibility index (Phi) is 7.40. The number of nitrogens with two attached hydrogens (primary N) is 1. The van der Waals surface area contributed by atoms with Gasteiger partial charge in [0.1, 0.15) is 5.82 Å². The Bertz CT molecular complexity index is 1190. The molecule has 9 nitrogen and oxygen atoms in total. The average molecular weight is 442 g/mol. The van der Waals surface area contributed by atoms with Crippen LogP contribution in [-0.2, 0) is 16.1 Å². The first-order valence-corrected chi connectivity index (χ1v) is 9.75. The Morgan fingerprint density at radius 3 is 2.50 bits per heavy atom. The highest BCUT2D eigenvalue weighted by Gasteiger charge is 2.25. The fourth-order valence-electron chi connectivity index (χ4n) is 3.08. The van der Waals surface area contributed by atoms with E-state index in [1.165, 1.54) is 25.3 Å². The number of nitrogen functional groups attached to an aromatic ring is 1. The molecule has 0 saturated heterocycles. The number of methoxy groups -OCH3 is 1. The molecule has 0 radical (unpaired) electrons. The monoisotopic (exact) mass is 442 g/mol. The average Bonchev–Trinajstić information content (AvgIpc) is 2.78. The first-order valence-electron chi connectivity index (χ1n) is 9.75. The van der Waals surface area contributed by atoms with Gasteiger partial charge in [0.25, 0.3) is 11.5 Å². The topological polar surface area (TPSA) is 120 Å². The van der Waals surface area contributed by atoms with Gasteiger partial charge in [0.05, 0.1) is 13.2 Å². The molecule has 0 unspecified atom stereocenters. The number of anilines is 2. The van der Waals surface area contributed by atoms with E-state index in [0.29, 0.717) is 0 Å². The van der Waals surface area contributed by atoms with E-state index >= 15 is 0 Å². The number of ether oxygens (including phenoxy) is 2. The van der Waals surface area contributed by atoms with Crippen LogP contribution in [0.5, 0.6) is 5.75 Å². The number of benzene rings is 2. The Labute approximate surface area is 182 Å². The summed E-state index contributed by atoms with van der Waals surface area (Å²) in [5.41, 5.74) is 5.22. The van der Waals surface area contributed by atoms with Crippen molar-refractivity contribution >= 4 is 17.4 Å².